The van der Waals surface area contributed by atoms with Crippen molar-refractivity contribution >= 4 is 40.8 Å². The first kappa shape index (κ1) is 20.1. The Balaban J connectivity index is 0.00000243. The standard InChI is InChI=1S/C18H21FN6.HI/c1-12-21-8-6-15(25-12)11-24-18(20-2)22-7-5-13-10-23-17-9-14(19)3-4-16(13)17;/h3-4,6,8-10,23H,5,7,11H2,1-2H3,(H2,20,22,24);1H. The molecule has 0 unspecified atom stereocenters. The summed E-state index contributed by atoms with van der Waals surface area (Å²) in [6, 6.07) is 6.67. The summed E-state index contributed by atoms with van der Waals surface area (Å²) in [5, 5.41) is 7.55. The summed E-state index contributed by atoms with van der Waals surface area (Å²) in [5.41, 5.74) is 2.87. The third kappa shape index (κ3) is 5.13. The Morgan fingerprint density at radius 2 is 2.12 bits per heavy atom. The first-order valence-corrected chi connectivity index (χ1v) is 8.14. The second kappa shape index (κ2) is 9.46. The van der Waals surface area contributed by atoms with Gasteiger partial charge in [-0.1, -0.05) is 0 Å². The van der Waals surface area contributed by atoms with E-state index >= 15 is 0 Å². The zero-order valence-corrected chi connectivity index (χ0v) is 17.0. The van der Waals surface area contributed by atoms with E-state index in [1.807, 2.05) is 19.2 Å². The van der Waals surface area contributed by atoms with Gasteiger partial charge in [0.25, 0.3) is 0 Å². The molecule has 8 heteroatoms. The summed E-state index contributed by atoms with van der Waals surface area (Å²) in [7, 11) is 1.73. The van der Waals surface area contributed by atoms with Crippen molar-refractivity contribution in [3.63, 3.8) is 0 Å². The van der Waals surface area contributed by atoms with Crippen molar-refractivity contribution in [1.82, 2.24) is 25.6 Å². The van der Waals surface area contributed by atoms with Gasteiger partial charge in [-0.25, -0.2) is 14.4 Å². The number of benzene rings is 1. The minimum absolute atomic E-state index is 0. The number of halogens is 2. The number of fused-ring (bicyclic) bond motifs is 1. The Bertz CT molecular complexity index is 892. The van der Waals surface area contributed by atoms with Gasteiger partial charge in [-0.2, -0.15) is 0 Å². The number of hydrogen-bond donors (Lipinski definition) is 3. The molecule has 0 aliphatic carbocycles. The van der Waals surface area contributed by atoms with Crippen molar-refractivity contribution in [1.29, 1.82) is 0 Å². The predicted molar refractivity (Wildman–Crippen MR) is 112 cm³/mol. The molecule has 26 heavy (non-hydrogen) atoms. The van der Waals surface area contributed by atoms with Crippen molar-refractivity contribution in [2.45, 2.75) is 19.9 Å². The molecule has 0 saturated heterocycles. The lowest BCUT2D eigenvalue weighted by atomic mass is 10.1. The second-order valence-corrected chi connectivity index (χ2v) is 5.70. The van der Waals surface area contributed by atoms with Gasteiger partial charge in [0.15, 0.2) is 5.96 Å². The molecule has 0 atom stereocenters. The highest BCUT2D eigenvalue weighted by Crippen LogP contribution is 2.19. The van der Waals surface area contributed by atoms with Crippen LogP contribution >= 0.6 is 24.0 Å². The number of rotatable bonds is 5. The van der Waals surface area contributed by atoms with Gasteiger partial charge >= 0.3 is 0 Å². The fraction of sp³-hybridized carbons (Fsp3) is 0.278. The maximum Gasteiger partial charge on any atom is 0.191 e. The topological polar surface area (TPSA) is 78.0 Å². The number of aliphatic imine (C=N–C) groups is 1. The van der Waals surface area contributed by atoms with E-state index in [9.17, 15) is 4.39 Å². The van der Waals surface area contributed by atoms with Gasteiger partial charge in [0.05, 0.1) is 12.2 Å². The molecule has 0 amide bonds. The number of aromatic amines is 1. The minimum Gasteiger partial charge on any atom is -0.361 e. The highest BCUT2D eigenvalue weighted by atomic mass is 127. The van der Waals surface area contributed by atoms with Crippen LogP contribution in [0.3, 0.4) is 0 Å². The quantitative estimate of drug-likeness (QED) is 0.306. The van der Waals surface area contributed by atoms with E-state index in [1.165, 1.54) is 12.1 Å². The number of H-pyrrole nitrogens is 1. The van der Waals surface area contributed by atoms with Gasteiger partial charge in [-0.15, -0.1) is 24.0 Å². The molecule has 0 fully saturated rings. The van der Waals surface area contributed by atoms with Crippen molar-refractivity contribution in [2.75, 3.05) is 13.6 Å². The molecule has 3 rings (SSSR count). The van der Waals surface area contributed by atoms with Crippen molar-refractivity contribution in [3.8, 4) is 0 Å². The number of nitrogens with zero attached hydrogens (tertiary/aromatic N) is 3. The molecule has 0 saturated carbocycles. The van der Waals surface area contributed by atoms with Gasteiger partial charge in [0, 0.05) is 36.9 Å². The second-order valence-electron chi connectivity index (χ2n) is 5.70. The fourth-order valence-electron chi connectivity index (χ4n) is 2.68. The molecule has 0 aliphatic rings. The average molecular weight is 468 g/mol. The van der Waals surface area contributed by atoms with Crippen molar-refractivity contribution < 1.29 is 4.39 Å². The average Bonchev–Trinajstić information content (AvgIpc) is 3.00. The number of guanidine groups is 1. The zero-order valence-electron chi connectivity index (χ0n) is 14.7. The third-order valence-electron chi connectivity index (χ3n) is 3.91. The molecule has 2 aromatic heterocycles. The van der Waals surface area contributed by atoms with E-state index in [-0.39, 0.29) is 29.8 Å². The van der Waals surface area contributed by atoms with Crippen LogP contribution in [-0.2, 0) is 13.0 Å². The van der Waals surface area contributed by atoms with Crippen LogP contribution in [0.4, 0.5) is 4.39 Å². The number of hydrogen-bond acceptors (Lipinski definition) is 3. The SMILES string of the molecule is CN=C(NCCc1c[nH]c2cc(F)ccc12)NCc1ccnc(C)n1.I. The summed E-state index contributed by atoms with van der Waals surface area (Å²) in [6.45, 7) is 3.16. The van der Waals surface area contributed by atoms with E-state index in [0.717, 1.165) is 34.4 Å². The smallest absolute Gasteiger partial charge is 0.191 e. The molecular formula is C18H22FIN6. The Hall–Kier alpha value is -2.23. The van der Waals surface area contributed by atoms with Gasteiger partial charge in [-0.3, -0.25) is 4.99 Å². The molecule has 1 aromatic carbocycles. The largest absolute Gasteiger partial charge is 0.361 e. The van der Waals surface area contributed by atoms with Crippen LogP contribution < -0.4 is 10.6 Å². The molecule has 2 heterocycles. The van der Waals surface area contributed by atoms with Crippen LogP contribution in [0.25, 0.3) is 10.9 Å². The highest BCUT2D eigenvalue weighted by molar-refractivity contribution is 14.0. The van der Waals surface area contributed by atoms with Crippen LogP contribution in [-0.4, -0.2) is 34.5 Å². The first-order valence-electron chi connectivity index (χ1n) is 8.14. The lowest BCUT2D eigenvalue weighted by molar-refractivity contribution is 0.629. The van der Waals surface area contributed by atoms with Gasteiger partial charge in [-0.05, 0) is 43.2 Å². The maximum atomic E-state index is 13.2. The molecule has 3 N–H and O–H groups in total. The number of aryl methyl sites for hydroxylation is 1. The van der Waals surface area contributed by atoms with Crippen LogP contribution in [0.1, 0.15) is 17.1 Å². The third-order valence-corrected chi connectivity index (χ3v) is 3.91. The first-order chi connectivity index (χ1) is 12.2. The van der Waals surface area contributed by atoms with Crippen LogP contribution in [0, 0.1) is 12.7 Å². The lowest BCUT2D eigenvalue weighted by Gasteiger charge is -2.11. The molecule has 6 nitrogen and oxygen atoms in total. The monoisotopic (exact) mass is 468 g/mol. The van der Waals surface area contributed by atoms with Crippen LogP contribution in [0.2, 0.25) is 0 Å². The Morgan fingerprint density at radius 1 is 1.27 bits per heavy atom. The summed E-state index contributed by atoms with van der Waals surface area (Å²) >= 11 is 0. The van der Waals surface area contributed by atoms with E-state index in [1.54, 1.807) is 19.3 Å². The minimum atomic E-state index is -0.233. The molecule has 138 valence electrons. The zero-order chi connectivity index (χ0) is 17.6. The molecule has 0 bridgehead atoms. The molecule has 0 spiro atoms. The number of nitrogens with one attached hydrogen (secondary N) is 3. The van der Waals surface area contributed by atoms with Crippen molar-refractivity contribution in [3.05, 3.63) is 59.6 Å². The van der Waals surface area contributed by atoms with E-state index in [0.29, 0.717) is 19.0 Å². The predicted octanol–water partition coefficient (Wildman–Crippen LogP) is 2.93. The number of aromatic nitrogens is 3. The normalized spacial score (nSPS) is 11.3. The molecule has 0 radical (unpaired) electrons. The fourth-order valence-corrected chi connectivity index (χ4v) is 2.68. The molecular weight excluding hydrogens is 446 g/mol. The summed E-state index contributed by atoms with van der Waals surface area (Å²) in [6.07, 6.45) is 4.47. The maximum absolute atomic E-state index is 13.2. The van der Waals surface area contributed by atoms with E-state index in [4.69, 9.17) is 0 Å². The van der Waals surface area contributed by atoms with Crippen LogP contribution in [0.15, 0.2) is 41.7 Å². The molecule has 0 aliphatic heterocycles. The summed E-state index contributed by atoms with van der Waals surface area (Å²) in [4.78, 5) is 15.8. The van der Waals surface area contributed by atoms with Crippen molar-refractivity contribution in [2.24, 2.45) is 4.99 Å². The van der Waals surface area contributed by atoms with Crippen LogP contribution in [0.5, 0.6) is 0 Å². The summed E-state index contributed by atoms with van der Waals surface area (Å²) < 4.78 is 13.2. The highest BCUT2D eigenvalue weighted by Gasteiger charge is 2.05. The Kier molecular flexibility index (Phi) is 7.31. The van der Waals surface area contributed by atoms with Gasteiger partial charge < -0.3 is 15.6 Å². The van der Waals surface area contributed by atoms with Gasteiger partial charge in [0.1, 0.15) is 11.6 Å². The lowest BCUT2D eigenvalue weighted by Crippen LogP contribution is -2.38. The van der Waals surface area contributed by atoms with Gasteiger partial charge in [0.2, 0.25) is 0 Å². The Morgan fingerprint density at radius 3 is 2.88 bits per heavy atom. The Labute approximate surface area is 168 Å². The summed E-state index contributed by atoms with van der Waals surface area (Å²) in [5.74, 6) is 1.23. The van der Waals surface area contributed by atoms with E-state index in [2.05, 4.69) is 30.6 Å². The molecule has 3 aromatic rings. The van der Waals surface area contributed by atoms with E-state index < -0.39 is 0 Å².